The van der Waals surface area contributed by atoms with Crippen molar-refractivity contribution in [3.05, 3.63) is 0 Å². The summed E-state index contributed by atoms with van der Waals surface area (Å²) in [6, 6.07) is 0.0772. The summed E-state index contributed by atoms with van der Waals surface area (Å²) in [5.41, 5.74) is -0.587. The number of carbonyl (C=O) groups is 2. The molecule has 0 bridgehead atoms. The Morgan fingerprint density at radius 1 is 1.50 bits per heavy atom. The molecule has 0 aliphatic carbocycles. The van der Waals surface area contributed by atoms with Gasteiger partial charge in [0.2, 0.25) is 0 Å². The van der Waals surface area contributed by atoms with E-state index < -0.39 is 5.41 Å². The number of piperazine rings is 1. The van der Waals surface area contributed by atoms with E-state index >= 15 is 0 Å². The van der Waals surface area contributed by atoms with E-state index in [2.05, 4.69) is 12.2 Å². The number of fused-ring (bicyclic) bond motifs is 1. The number of nitrogens with zero attached hydrogens (tertiary/aromatic N) is 2. The van der Waals surface area contributed by atoms with Crippen LogP contribution in [-0.2, 0) is 4.79 Å². The van der Waals surface area contributed by atoms with Crippen LogP contribution in [0.1, 0.15) is 27.7 Å². The Morgan fingerprint density at radius 3 is 2.72 bits per heavy atom. The lowest BCUT2D eigenvalue weighted by molar-refractivity contribution is -0.125. The molecule has 5 heteroatoms. The highest BCUT2D eigenvalue weighted by Crippen LogP contribution is 2.30. The van der Waals surface area contributed by atoms with Crippen molar-refractivity contribution in [1.29, 1.82) is 0 Å². The van der Waals surface area contributed by atoms with E-state index in [-0.39, 0.29) is 17.4 Å². The lowest BCUT2D eigenvalue weighted by Crippen LogP contribution is -2.58. The number of urea groups is 1. The first-order chi connectivity index (χ1) is 8.26. The van der Waals surface area contributed by atoms with Crippen molar-refractivity contribution in [3.63, 3.8) is 0 Å². The van der Waals surface area contributed by atoms with Crippen molar-refractivity contribution in [2.75, 3.05) is 32.7 Å². The molecule has 0 radical (unpaired) electrons. The molecule has 0 aromatic heterocycles. The fraction of sp³-hybridized carbons (Fsp3) is 0.846. The highest BCUT2D eigenvalue weighted by Gasteiger charge is 2.48. The summed E-state index contributed by atoms with van der Waals surface area (Å²) in [6.45, 7) is 11.2. The topological polar surface area (TPSA) is 52.7 Å². The predicted molar refractivity (Wildman–Crippen MR) is 69.4 cm³/mol. The molecular formula is C13H23N3O2. The van der Waals surface area contributed by atoms with Crippen LogP contribution in [0.3, 0.4) is 0 Å². The second-order valence-electron chi connectivity index (χ2n) is 6.40. The summed E-state index contributed by atoms with van der Waals surface area (Å²) in [7, 11) is 0. The van der Waals surface area contributed by atoms with Gasteiger partial charge in [-0.25, -0.2) is 4.79 Å². The van der Waals surface area contributed by atoms with E-state index in [4.69, 9.17) is 0 Å². The van der Waals surface area contributed by atoms with E-state index in [0.717, 1.165) is 19.6 Å². The molecule has 0 saturated carbocycles. The van der Waals surface area contributed by atoms with Crippen molar-refractivity contribution in [3.8, 4) is 0 Å². The van der Waals surface area contributed by atoms with Crippen molar-refractivity contribution in [1.82, 2.24) is 15.1 Å². The first-order valence-corrected chi connectivity index (χ1v) is 6.55. The maximum atomic E-state index is 12.4. The highest BCUT2D eigenvalue weighted by molar-refractivity contribution is 5.83. The number of hydrogen-bond donors (Lipinski definition) is 1. The Hall–Kier alpha value is -1.10. The van der Waals surface area contributed by atoms with Crippen molar-refractivity contribution in [2.24, 2.45) is 5.41 Å². The standard InChI is InChI=1S/C13H23N3O2/c1-10(17)12(2,3)8-15-9-13(4)7-14-5-6-16(13)11(15)18/h14H,5-9H2,1-4H3. The second-order valence-corrected chi connectivity index (χ2v) is 6.40. The molecule has 2 rings (SSSR count). The molecule has 1 unspecified atom stereocenters. The Morgan fingerprint density at radius 2 is 2.17 bits per heavy atom. The molecule has 0 aromatic carbocycles. The van der Waals surface area contributed by atoms with Gasteiger partial charge in [-0.3, -0.25) is 4.79 Å². The number of carbonyl (C=O) groups excluding carboxylic acids is 2. The smallest absolute Gasteiger partial charge is 0.320 e. The molecule has 0 aromatic rings. The van der Waals surface area contributed by atoms with Gasteiger partial charge in [0.1, 0.15) is 5.78 Å². The van der Waals surface area contributed by atoms with Crippen LogP contribution in [0.25, 0.3) is 0 Å². The summed E-state index contributed by atoms with van der Waals surface area (Å²) in [6.07, 6.45) is 0. The van der Waals surface area contributed by atoms with Crippen molar-refractivity contribution < 1.29 is 9.59 Å². The first kappa shape index (κ1) is 13.3. The normalized spacial score (nSPS) is 28.6. The van der Waals surface area contributed by atoms with E-state index in [1.807, 2.05) is 23.6 Å². The average molecular weight is 253 g/mol. The van der Waals surface area contributed by atoms with Gasteiger partial charge in [0.25, 0.3) is 0 Å². The predicted octanol–water partition coefficient (Wildman–Crippen LogP) is 0.701. The molecule has 1 atom stereocenters. The monoisotopic (exact) mass is 253 g/mol. The van der Waals surface area contributed by atoms with E-state index in [1.165, 1.54) is 0 Å². The van der Waals surface area contributed by atoms with Gasteiger partial charge in [-0.1, -0.05) is 13.8 Å². The van der Waals surface area contributed by atoms with Crippen LogP contribution < -0.4 is 5.32 Å². The van der Waals surface area contributed by atoms with Crippen LogP contribution in [0.2, 0.25) is 0 Å². The van der Waals surface area contributed by atoms with Crippen LogP contribution in [0, 0.1) is 5.41 Å². The molecule has 2 aliphatic heterocycles. The summed E-state index contributed by atoms with van der Waals surface area (Å²) in [4.78, 5) is 27.7. The SMILES string of the molecule is CC(=O)C(C)(C)CN1CC2(C)CNCCN2C1=O. The maximum Gasteiger partial charge on any atom is 0.320 e. The zero-order valence-corrected chi connectivity index (χ0v) is 11.7. The van der Waals surface area contributed by atoms with Crippen LogP contribution in [0.5, 0.6) is 0 Å². The Labute approximate surface area is 108 Å². The Balaban J connectivity index is 2.13. The largest absolute Gasteiger partial charge is 0.321 e. The van der Waals surface area contributed by atoms with Gasteiger partial charge in [-0.15, -0.1) is 0 Å². The zero-order valence-electron chi connectivity index (χ0n) is 11.7. The first-order valence-electron chi connectivity index (χ1n) is 6.55. The number of ketones is 1. The zero-order chi connectivity index (χ0) is 13.6. The number of amides is 2. The minimum absolute atomic E-state index is 0.0772. The van der Waals surface area contributed by atoms with Crippen molar-refractivity contribution >= 4 is 11.8 Å². The number of nitrogens with one attached hydrogen (secondary N) is 1. The molecule has 18 heavy (non-hydrogen) atoms. The number of Topliss-reactive ketones (excluding diaryl/α,β-unsaturated/α-hetero) is 1. The number of rotatable bonds is 3. The summed E-state index contributed by atoms with van der Waals surface area (Å²) in [5.74, 6) is 0.128. The number of hydrogen-bond acceptors (Lipinski definition) is 3. The van der Waals surface area contributed by atoms with E-state index in [0.29, 0.717) is 13.1 Å². The minimum Gasteiger partial charge on any atom is -0.321 e. The molecular weight excluding hydrogens is 230 g/mol. The molecule has 2 fully saturated rings. The van der Waals surface area contributed by atoms with Crippen LogP contribution in [0.15, 0.2) is 0 Å². The Bertz CT molecular complexity index is 380. The lowest BCUT2D eigenvalue weighted by Gasteiger charge is -2.38. The molecule has 102 valence electrons. The lowest BCUT2D eigenvalue weighted by atomic mass is 9.88. The van der Waals surface area contributed by atoms with Gasteiger partial charge in [0, 0.05) is 38.1 Å². The maximum absolute atomic E-state index is 12.4. The molecule has 5 nitrogen and oxygen atoms in total. The molecule has 2 saturated heterocycles. The molecule has 2 amide bonds. The third-order valence-corrected chi connectivity index (χ3v) is 4.24. The molecule has 2 aliphatic rings. The van der Waals surface area contributed by atoms with Gasteiger partial charge in [0.05, 0.1) is 5.54 Å². The highest BCUT2D eigenvalue weighted by atomic mass is 16.2. The minimum atomic E-state index is -0.464. The third-order valence-electron chi connectivity index (χ3n) is 4.24. The summed E-state index contributed by atoms with van der Waals surface area (Å²) in [5, 5.41) is 3.34. The van der Waals surface area contributed by atoms with E-state index in [1.54, 1.807) is 6.92 Å². The van der Waals surface area contributed by atoms with Gasteiger partial charge >= 0.3 is 6.03 Å². The fourth-order valence-corrected chi connectivity index (χ4v) is 2.74. The molecule has 1 N–H and O–H groups in total. The van der Waals surface area contributed by atoms with Gasteiger partial charge in [-0.05, 0) is 13.8 Å². The van der Waals surface area contributed by atoms with E-state index in [9.17, 15) is 9.59 Å². The molecule has 0 spiro atoms. The summed E-state index contributed by atoms with van der Waals surface area (Å²) < 4.78 is 0. The Kier molecular flexibility index (Phi) is 3.13. The quantitative estimate of drug-likeness (QED) is 0.805. The third kappa shape index (κ3) is 2.11. The summed E-state index contributed by atoms with van der Waals surface area (Å²) >= 11 is 0. The van der Waals surface area contributed by atoms with Gasteiger partial charge in [0.15, 0.2) is 0 Å². The second kappa shape index (κ2) is 4.23. The van der Waals surface area contributed by atoms with Crippen molar-refractivity contribution in [2.45, 2.75) is 33.2 Å². The van der Waals surface area contributed by atoms with Gasteiger partial charge in [-0.2, -0.15) is 0 Å². The van der Waals surface area contributed by atoms with Crippen LogP contribution in [0.4, 0.5) is 4.79 Å². The van der Waals surface area contributed by atoms with Crippen LogP contribution >= 0.6 is 0 Å². The average Bonchev–Trinajstić information content (AvgIpc) is 2.50. The van der Waals surface area contributed by atoms with Crippen LogP contribution in [-0.4, -0.2) is 59.9 Å². The molecule has 2 heterocycles. The fourth-order valence-electron chi connectivity index (χ4n) is 2.74. The van der Waals surface area contributed by atoms with Gasteiger partial charge < -0.3 is 15.1 Å².